The third-order valence-corrected chi connectivity index (χ3v) is 10.2. The maximum atomic E-state index is 14.2. The summed E-state index contributed by atoms with van der Waals surface area (Å²) in [6, 6.07) is 11.1. The van der Waals surface area contributed by atoms with Crippen LogP contribution in [0.25, 0.3) is 11.1 Å². The van der Waals surface area contributed by atoms with Crippen molar-refractivity contribution in [3.63, 3.8) is 0 Å². The number of carbonyl (C=O) groups is 3. The number of nitrogens with one attached hydrogen (secondary N) is 3. The molecule has 0 spiro atoms. The highest BCUT2D eigenvalue weighted by Crippen LogP contribution is 2.26. The van der Waals surface area contributed by atoms with Gasteiger partial charge in [-0.3, -0.25) is 14.4 Å². The summed E-state index contributed by atoms with van der Waals surface area (Å²) in [6.45, 7) is 2.38. The number of piperidine rings is 1. The second-order valence-electron chi connectivity index (χ2n) is 13.1. The van der Waals surface area contributed by atoms with Gasteiger partial charge in [0.05, 0.1) is 25.0 Å². The molecule has 0 radical (unpaired) electrons. The highest BCUT2D eigenvalue weighted by atomic mass is 35.5. The fourth-order valence-electron chi connectivity index (χ4n) is 6.56. The van der Waals surface area contributed by atoms with Crippen LogP contribution < -0.4 is 15.4 Å². The summed E-state index contributed by atoms with van der Waals surface area (Å²) in [5.41, 5.74) is 1.82. The van der Waals surface area contributed by atoms with E-state index in [0.717, 1.165) is 37.8 Å². The molecule has 272 valence electrons. The SMILES string of the molecule is COCCC[C@H](NC(=O)[C@@H]1C[C@@H](OCc2ccc(Cl)cc2)CN1C(=O)[C@@H](CCC1CCNCC1)NS(C)(=O)=O)C(=O)c1nc2ccccc2o1. The number of Topliss-reactive ketones (excluding diaryl/α,β-unsaturated/α-hetero) is 1. The topological polar surface area (TPSA) is 169 Å². The first-order valence-corrected chi connectivity index (χ1v) is 19.3. The van der Waals surface area contributed by atoms with Crippen molar-refractivity contribution in [1.82, 2.24) is 25.2 Å². The fourth-order valence-corrected chi connectivity index (χ4v) is 7.43. The molecule has 3 heterocycles. The molecule has 0 bridgehead atoms. The molecule has 2 aliphatic rings. The molecule has 4 atom stereocenters. The Balaban J connectivity index is 1.37. The van der Waals surface area contributed by atoms with Crippen molar-refractivity contribution in [2.75, 3.05) is 39.6 Å². The van der Waals surface area contributed by atoms with E-state index in [9.17, 15) is 22.8 Å². The van der Waals surface area contributed by atoms with Crippen LogP contribution in [-0.4, -0.2) is 99.7 Å². The number of amides is 2. The number of sulfonamides is 1. The molecule has 2 amide bonds. The van der Waals surface area contributed by atoms with Crippen molar-refractivity contribution in [2.24, 2.45) is 5.92 Å². The van der Waals surface area contributed by atoms with E-state index in [1.165, 1.54) is 4.90 Å². The van der Waals surface area contributed by atoms with E-state index >= 15 is 0 Å². The van der Waals surface area contributed by atoms with Crippen molar-refractivity contribution in [3.8, 4) is 0 Å². The number of aromatic nitrogens is 1. The Labute approximate surface area is 297 Å². The average molecular weight is 732 g/mol. The normalized spacial score (nSPS) is 19.8. The van der Waals surface area contributed by atoms with Gasteiger partial charge in [0.1, 0.15) is 17.6 Å². The number of carbonyl (C=O) groups excluding carboxylic acids is 3. The predicted molar refractivity (Wildman–Crippen MR) is 188 cm³/mol. The van der Waals surface area contributed by atoms with Crippen LogP contribution in [0.15, 0.2) is 52.9 Å². The molecule has 13 nitrogen and oxygen atoms in total. The molecular weight excluding hydrogens is 686 g/mol. The Kier molecular flexibility index (Phi) is 13.4. The van der Waals surface area contributed by atoms with Gasteiger partial charge < -0.3 is 29.4 Å². The average Bonchev–Trinajstić information content (AvgIpc) is 3.74. The van der Waals surface area contributed by atoms with Crippen LogP contribution in [0, 0.1) is 5.92 Å². The van der Waals surface area contributed by atoms with Crippen molar-refractivity contribution >= 4 is 50.3 Å². The van der Waals surface area contributed by atoms with Gasteiger partial charge in [-0.2, -0.15) is 0 Å². The van der Waals surface area contributed by atoms with Gasteiger partial charge in [-0.25, -0.2) is 18.1 Å². The zero-order valence-electron chi connectivity index (χ0n) is 28.4. The number of hydrogen-bond donors (Lipinski definition) is 3. The lowest BCUT2D eigenvalue weighted by molar-refractivity contribution is -0.140. The molecule has 3 N–H and O–H groups in total. The number of para-hydroxylation sites is 2. The maximum absolute atomic E-state index is 14.2. The lowest BCUT2D eigenvalue weighted by Gasteiger charge is -2.30. The van der Waals surface area contributed by atoms with E-state index in [2.05, 4.69) is 20.3 Å². The maximum Gasteiger partial charge on any atom is 0.266 e. The minimum absolute atomic E-state index is 0.0627. The largest absolute Gasteiger partial charge is 0.434 e. The van der Waals surface area contributed by atoms with Gasteiger partial charge in [0.25, 0.3) is 5.89 Å². The second kappa shape index (κ2) is 17.7. The van der Waals surface area contributed by atoms with Crippen LogP contribution in [-0.2, 0) is 35.7 Å². The van der Waals surface area contributed by atoms with E-state index in [0.29, 0.717) is 41.5 Å². The van der Waals surface area contributed by atoms with Gasteiger partial charge in [0, 0.05) is 31.7 Å². The number of rotatable bonds is 17. The molecule has 2 aliphatic heterocycles. The molecule has 2 fully saturated rings. The van der Waals surface area contributed by atoms with E-state index in [-0.39, 0.29) is 38.3 Å². The summed E-state index contributed by atoms with van der Waals surface area (Å²) in [7, 11) is -2.21. The highest BCUT2D eigenvalue weighted by Gasteiger charge is 2.44. The van der Waals surface area contributed by atoms with Crippen molar-refractivity contribution < 1.29 is 36.7 Å². The van der Waals surface area contributed by atoms with Gasteiger partial charge in [0.2, 0.25) is 27.6 Å². The van der Waals surface area contributed by atoms with E-state index < -0.39 is 51.9 Å². The fraction of sp³-hybridized carbons (Fsp3) is 0.543. The van der Waals surface area contributed by atoms with Crippen LogP contribution in [0.5, 0.6) is 0 Å². The smallest absolute Gasteiger partial charge is 0.266 e. The number of ketones is 1. The first kappa shape index (κ1) is 37.8. The molecule has 0 saturated carbocycles. The highest BCUT2D eigenvalue weighted by molar-refractivity contribution is 7.88. The van der Waals surface area contributed by atoms with Gasteiger partial charge in [-0.05, 0) is 87.4 Å². The van der Waals surface area contributed by atoms with E-state index in [1.807, 2.05) is 12.1 Å². The number of methoxy groups -OCH3 is 1. The van der Waals surface area contributed by atoms with Crippen LogP contribution >= 0.6 is 11.6 Å². The summed E-state index contributed by atoms with van der Waals surface area (Å²) >= 11 is 6.04. The minimum atomic E-state index is -3.76. The Morgan fingerprint density at radius 1 is 1.08 bits per heavy atom. The molecule has 5 rings (SSSR count). The zero-order chi connectivity index (χ0) is 35.7. The second-order valence-corrected chi connectivity index (χ2v) is 15.3. The quantitative estimate of drug-likeness (QED) is 0.138. The number of hydrogen-bond acceptors (Lipinski definition) is 10. The summed E-state index contributed by atoms with van der Waals surface area (Å²) < 4.78 is 44.6. The molecule has 0 unspecified atom stereocenters. The predicted octanol–water partition coefficient (Wildman–Crippen LogP) is 3.46. The van der Waals surface area contributed by atoms with Crippen LogP contribution in [0.3, 0.4) is 0 Å². The van der Waals surface area contributed by atoms with Crippen molar-refractivity contribution in [3.05, 3.63) is 65.0 Å². The van der Waals surface area contributed by atoms with Gasteiger partial charge in [-0.15, -0.1) is 0 Å². The third kappa shape index (κ3) is 10.6. The molecule has 2 aromatic carbocycles. The summed E-state index contributed by atoms with van der Waals surface area (Å²) in [5.74, 6) is -1.35. The number of fused-ring (bicyclic) bond motifs is 1. The lowest BCUT2D eigenvalue weighted by Crippen LogP contribution is -2.55. The number of benzene rings is 2. The summed E-state index contributed by atoms with van der Waals surface area (Å²) in [5, 5.41) is 6.77. The first-order chi connectivity index (χ1) is 24.0. The summed E-state index contributed by atoms with van der Waals surface area (Å²) in [6.07, 6.45) is 4.15. The minimum Gasteiger partial charge on any atom is -0.434 e. The first-order valence-electron chi connectivity index (χ1n) is 17.0. The van der Waals surface area contributed by atoms with E-state index in [4.69, 9.17) is 25.5 Å². The van der Waals surface area contributed by atoms with Gasteiger partial charge >= 0.3 is 0 Å². The Bertz CT molecular complexity index is 1680. The monoisotopic (exact) mass is 731 g/mol. The number of likely N-dealkylation sites (tertiary alicyclic amines) is 1. The molecule has 2 saturated heterocycles. The molecule has 0 aliphatic carbocycles. The molecule has 3 aromatic rings. The number of ether oxygens (including phenoxy) is 2. The Morgan fingerprint density at radius 2 is 1.82 bits per heavy atom. The third-order valence-electron chi connectivity index (χ3n) is 9.20. The van der Waals surface area contributed by atoms with Crippen LogP contribution in [0.4, 0.5) is 0 Å². The number of nitrogens with zero attached hydrogens (tertiary/aromatic N) is 2. The van der Waals surface area contributed by atoms with Crippen molar-refractivity contribution in [1.29, 1.82) is 0 Å². The number of halogens is 1. The molecule has 15 heteroatoms. The molecule has 50 heavy (non-hydrogen) atoms. The molecule has 1 aromatic heterocycles. The Hall–Kier alpha value is -3.40. The number of oxazole rings is 1. The lowest BCUT2D eigenvalue weighted by atomic mass is 9.91. The van der Waals surface area contributed by atoms with Crippen LogP contribution in [0.1, 0.15) is 61.2 Å². The zero-order valence-corrected chi connectivity index (χ0v) is 30.0. The molecular formula is C35H46ClN5O8S. The summed E-state index contributed by atoms with van der Waals surface area (Å²) in [4.78, 5) is 47.8. The van der Waals surface area contributed by atoms with Crippen molar-refractivity contribution in [2.45, 2.75) is 75.8 Å². The van der Waals surface area contributed by atoms with Gasteiger partial charge in [-0.1, -0.05) is 35.9 Å². The van der Waals surface area contributed by atoms with E-state index in [1.54, 1.807) is 43.5 Å². The standard InChI is InChI=1S/C35H46ClN5O8S/c1-47-19-5-7-28(32(42)34-39-27-6-3-4-8-31(27)49-34)38-33(43)30-20-26(48-22-24-9-12-25(36)13-10-24)21-41(30)35(44)29(40-50(2,45)46)14-11-23-15-17-37-18-16-23/h3-4,6,8-10,12-13,23,26,28-30,37,40H,5,7,11,14-22H2,1-2H3,(H,38,43)/t26-,28+,29-,30+/m1/s1. The van der Waals surface area contributed by atoms with Crippen LogP contribution in [0.2, 0.25) is 5.02 Å². The Morgan fingerprint density at radius 3 is 2.52 bits per heavy atom. The van der Waals surface area contributed by atoms with Gasteiger partial charge in [0.15, 0.2) is 5.58 Å².